The van der Waals surface area contributed by atoms with Gasteiger partial charge in [-0.25, -0.2) is 4.39 Å². The Morgan fingerprint density at radius 1 is 1.50 bits per heavy atom. The van der Waals surface area contributed by atoms with Gasteiger partial charge in [0.15, 0.2) is 0 Å². The number of phenolic OH excluding ortho intramolecular Hbond substituents is 1. The van der Waals surface area contributed by atoms with Gasteiger partial charge >= 0.3 is 0 Å². The molecule has 0 bridgehead atoms. The third kappa shape index (κ3) is 1.11. The van der Waals surface area contributed by atoms with Crippen LogP contribution in [0.5, 0.6) is 11.5 Å². The fraction of sp³-hybridized carbons (Fsp3) is 0.333. The van der Waals surface area contributed by atoms with E-state index < -0.39 is 6.17 Å². The minimum Gasteiger partial charge on any atom is -0.508 e. The molecule has 1 atom stereocenters. The summed E-state index contributed by atoms with van der Waals surface area (Å²) < 4.78 is 18.3. The summed E-state index contributed by atoms with van der Waals surface area (Å²) >= 11 is 0. The highest BCUT2D eigenvalue weighted by Gasteiger charge is 2.20. The molecule has 2 nitrogen and oxygen atoms in total. The summed E-state index contributed by atoms with van der Waals surface area (Å²) in [7, 11) is 0. The van der Waals surface area contributed by atoms with Crippen molar-refractivity contribution in [2.45, 2.75) is 12.6 Å². The first-order valence-electron chi connectivity index (χ1n) is 3.87. The molecular formula is C9H9FO2. The van der Waals surface area contributed by atoms with Crippen molar-refractivity contribution < 1.29 is 14.2 Å². The van der Waals surface area contributed by atoms with Crippen molar-refractivity contribution in [2.24, 2.45) is 0 Å². The minimum atomic E-state index is -0.950. The Hall–Kier alpha value is -1.25. The summed E-state index contributed by atoms with van der Waals surface area (Å²) in [6.07, 6.45) is -0.549. The van der Waals surface area contributed by atoms with Crippen molar-refractivity contribution in [3.63, 3.8) is 0 Å². The Morgan fingerprint density at radius 2 is 2.33 bits per heavy atom. The van der Waals surface area contributed by atoms with E-state index in [1.165, 1.54) is 12.1 Å². The van der Waals surface area contributed by atoms with Crippen molar-refractivity contribution in [3.05, 3.63) is 23.8 Å². The van der Waals surface area contributed by atoms with Gasteiger partial charge in [-0.15, -0.1) is 0 Å². The molecule has 0 amide bonds. The molecule has 0 spiro atoms. The first-order chi connectivity index (χ1) is 5.77. The number of benzene rings is 1. The standard InChI is InChI=1S/C9H9FO2/c10-8-3-4-12-9-5-6(11)1-2-7(8)9/h1-2,5,8,11H,3-4H2. The maximum Gasteiger partial charge on any atom is 0.132 e. The first kappa shape index (κ1) is 7.40. The quantitative estimate of drug-likeness (QED) is 0.643. The molecule has 1 aliphatic rings. The molecule has 0 fully saturated rings. The fourth-order valence-corrected chi connectivity index (χ4v) is 1.33. The van der Waals surface area contributed by atoms with Gasteiger partial charge in [-0.1, -0.05) is 0 Å². The first-order valence-corrected chi connectivity index (χ1v) is 3.87. The maximum atomic E-state index is 13.1. The molecule has 12 heavy (non-hydrogen) atoms. The van der Waals surface area contributed by atoms with Crippen LogP contribution in [0.3, 0.4) is 0 Å². The highest BCUT2D eigenvalue weighted by atomic mass is 19.1. The molecule has 1 N–H and O–H groups in total. The van der Waals surface area contributed by atoms with Crippen molar-refractivity contribution in [3.8, 4) is 11.5 Å². The number of rotatable bonds is 0. The average Bonchev–Trinajstić information content (AvgIpc) is 2.04. The van der Waals surface area contributed by atoms with Gasteiger partial charge in [0.2, 0.25) is 0 Å². The summed E-state index contributed by atoms with van der Waals surface area (Å²) in [5.41, 5.74) is 0.541. The molecule has 0 radical (unpaired) electrons. The smallest absolute Gasteiger partial charge is 0.132 e. The third-order valence-corrected chi connectivity index (χ3v) is 1.96. The predicted octanol–water partition coefficient (Wildman–Crippen LogP) is 2.19. The number of phenols is 1. The van der Waals surface area contributed by atoms with E-state index >= 15 is 0 Å². The van der Waals surface area contributed by atoms with Gasteiger partial charge in [-0.2, -0.15) is 0 Å². The Kier molecular flexibility index (Phi) is 1.64. The van der Waals surface area contributed by atoms with Crippen LogP contribution in [0.4, 0.5) is 4.39 Å². The molecule has 1 unspecified atom stereocenters. The molecule has 1 aromatic carbocycles. The zero-order chi connectivity index (χ0) is 8.55. The zero-order valence-corrected chi connectivity index (χ0v) is 6.46. The molecule has 1 aromatic rings. The van der Waals surface area contributed by atoms with Crippen LogP contribution in [-0.2, 0) is 0 Å². The summed E-state index contributed by atoms with van der Waals surface area (Å²) in [5, 5.41) is 9.07. The van der Waals surface area contributed by atoms with Crippen LogP contribution in [0.15, 0.2) is 18.2 Å². The van der Waals surface area contributed by atoms with E-state index in [1.807, 2.05) is 0 Å². The fourth-order valence-electron chi connectivity index (χ4n) is 1.33. The molecule has 0 saturated carbocycles. The summed E-state index contributed by atoms with van der Waals surface area (Å²) in [5.74, 6) is 0.580. The van der Waals surface area contributed by atoms with Gasteiger partial charge in [0.25, 0.3) is 0 Å². The van der Waals surface area contributed by atoms with Crippen LogP contribution in [0, 0.1) is 0 Å². The third-order valence-electron chi connectivity index (χ3n) is 1.96. The van der Waals surface area contributed by atoms with Gasteiger partial charge in [-0.05, 0) is 12.1 Å². The van der Waals surface area contributed by atoms with Gasteiger partial charge in [0, 0.05) is 18.1 Å². The molecule has 1 heterocycles. The van der Waals surface area contributed by atoms with Crippen LogP contribution in [0.25, 0.3) is 0 Å². The Balaban J connectivity index is 2.46. The van der Waals surface area contributed by atoms with Gasteiger partial charge < -0.3 is 9.84 Å². The molecular weight excluding hydrogens is 159 g/mol. The van der Waals surface area contributed by atoms with Gasteiger partial charge in [0.05, 0.1) is 6.61 Å². The van der Waals surface area contributed by atoms with Crippen molar-refractivity contribution >= 4 is 0 Å². The largest absolute Gasteiger partial charge is 0.508 e. The number of hydrogen-bond donors (Lipinski definition) is 1. The SMILES string of the molecule is Oc1ccc2c(c1)OCCC2F. The molecule has 64 valence electrons. The number of alkyl halides is 1. The lowest BCUT2D eigenvalue weighted by atomic mass is 10.0. The van der Waals surface area contributed by atoms with Crippen LogP contribution in [0.1, 0.15) is 18.2 Å². The van der Waals surface area contributed by atoms with Gasteiger partial charge in [0.1, 0.15) is 17.7 Å². The van der Waals surface area contributed by atoms with Gasteiger partial charge in [-0.3, -0.25) is 0 Å². The minimum absolute atomic E-state index is 0.114. The second-order valence-corrected chi connectivity index (χ2v) is 2.83. The van der Waals surface area contributed by atoms with Crippen LogP contribution in [-0.4, -0.2) is 11.7 Å². The lowest BCUT2D eigenvalue weighted by Crippen LogP contribution is -2.10. The second-order valence-electron chi connectivity index (χ2n) is 2.83. The topological polar surface area (TPSA) is 29.5 Å². The Morgan fingerprint density at radius 3 is 3.17 bits per heavy atom. The Bertz CT molecular complexity index is 299. The summed E-state index contributed by atoms with van der Waals surface area (Å²) in [6, 6.07) is 4.48. The van der Waals surface area contributed by atoms with E-state index in [4.69, 9.17) is 9.84 Å². The highest BCUT2D eigenvalue weighted by molar-refractivity contribution is 5.42. The van der Waals surface area contributed by atoms with Crippen LogP contribution < -0.4 is 4.74 Å². The van der Waals surface area contributed by atoms with Crippen molar-refractivity contribution in [1.82, 2.24) is 0 Å². The van der Waals surface area contributed by atoms with Crippen LogP contribution in [0.2, 0.25) is 0 Å². The summed E-state index contributed by atoms with van der Waals surface area (Å²) in [6.45, 7) is 0.387. The number of ether oxygens (including phenoxy) is 1. The lowest BCUT2D eigenvalue weighted by Gasteiger charge is -2.20. The van der Waals surface area contributed by atoms with E-state index in [9.17, 15) is 4.39 Å². The normalized spacial score (nSPS) is 21.2. The van der Waals surface area contributed by atoms with Crippen LogP contribution >= 0.6 is 0 Å². The number of fused-ring (bicyclic) bond motifs is 1. The molecule has 3 heteroatoms. The predicted molar refractivity (Wildman–Crippen MR) is 42.1 cm³/mol. The van der Waals surface area contributed by atoms with E-state index in [0.717, 1.165) is 0 Å². The number of hydrogen-bond acceptors (Lipinski definition) is 2. The molecule has 2 rings (SSSR count). The second kappa shape index (κ2) is 2.66. The van der Waals surface area contributed by atoms with E-state index in [0.29, 0.717) is 24.3 Å². The number of aromatic hydroxyl groups is 1. The average molecular weight is 168 g/mol. The lowest BCUT2D eigenvalue weighted by molar-refractivity contribution is 0.199. The maximum absolute atomic E-state index is 13.1. The van der Waals surface area contributed by atoms with Crippen molar-refractivity contribution in [2.75, 3.05) is 6.61 Å². The molecule has 0 aromatic heterocycles. The van der Waals surface area contributed by atoms with Crippen molar-refractivity contribution in [1.29, 1.82) is 0 Å². The van der Waals surface area contributed by atoms with E-state index in [1.54, 1.807) is 6.07 Å². The monoisotopic (exact) mass is 168 g/mol. The highest BCUT2D eigenvalue weighted by Crippen LogP contribution is 2.36. The number of halogens is 1. The Labute approximate surface area is 69.6 Å². The van der Waals surface area contributed by atoms with E-state index in [2.05, 4.69) is 0 Å². The zero-order valence-electron chi connectivity index (χ0n) is 6.46. The molecule has 0 aliphatic carbocycles. The van der Waals surface area contributed by atoms with E-state index in [-0.39, 0.29) is 5.75 Å². The summed E-state index contributed by atoms with van der Waals surface area (Å²) in [4.78, 5) is 0. The molecule has 1 aliphatic heterocycles. The molecule has 0 saturated heterocycles.